The van der Waals surface area contributed by atoms with Gasteiger partial charge in [-0.15, -0.1) is 0 Å². The summed E-state index contributed by atoms with van der Waals surface area (Å²) in [6, 6.07) is 8.26. The van der Waals surface area contributed by atoms with Crippen LogP contribution < -0.4 is 4.90 Å². The Morgan fingerprint density at radius 2 is 2.32 bits per heavy atom. The molecule has 19 heavy (non-hydrogen) atoms. The molecule has 1 unspecified atom stereocenters. The van der Waals surface area contributed by atoms with Gasteiger partial charge in [0.25, 0.3) is 0 Å². The van der Waals surface area contributed by atoms with Crippen molar-refractivity contribution in [1.29, 1.82) is 5.26 Å². The smallest absolute Gasteiger partial charge is 0.152 e. The molecule has 2 aromatic rings. The molecule has 0 aliphatic rings. The molecule has 0 saturated heterocycles. The Labute approximate surface area is 121 Å². The summed E-state index contributed by atoms with van der Waals surface area (Å²) < 4.78 is 2.09. The summed E-state index contributed by atoms with van der Waals surface area (Å²) in [6.45, 7) is 5.57. The molecule has 0 amide bonds. The van der Waals surface area contributed by atoms with E-state index in [0.29, 0.717) is 6.54 Å². The van der Waals surface area contributed by atoms with Gasteiger partial charge in [-0.05, 0) is 26.0 Å². The number of imidazole rings is 1. The van der Waals surface area contributed by atoms with Crippen LogP contribution in [0.25, 0.3) is 5.65 Å². The van der Waals surface area contributed by atoms with Gasteiger partial charge in [0.1, 0.15) is 5.65 Å². The fourth-order valence-corrected chi connectivity index (χ4v) is 2.67. The van der Waals surface area contributed by atoms with Crippen molar-refractivity contribution in [1.82, 2.24) is 9.38 Å². The van der Waals surface area contributed by atoms with Crippen LogP contribution in [-0.2, 0) is 5.33 Å². The largest absolute Gasteiger partial charge is 0.354 e. The Kier molecular flexibility index (Phi) is 4.43. The lowest BCUT2D eigenvalue weighted by Crippen LogP contribution is -2.28. The SMILES string of the molecule is CCN(CC(C)C#N)c1nc2ccccn2c1CBr. The number of nitriles is 1. The maximum Gasteiger partial charge on any atom is 0.152 e. The summed E-state index contributed by atoms with van der Waals surface area (Å²) in [5.41, 5.74) is 2.07. The minimum absolute atomic E-state index is 0.00654. The molecule has 5 heteroatoms. The number of nitrogens with zero attached hydrogens (tertiary/aromatic N) is 4. The standard InChI is InChI=1S/C14H17BrN4/c1-3-18(10-11(2)9-16)14-12(8-15)19-7-5-4-6-13(19)17-14/h4-7,11H,3,8,10H2,1-2H3. The van der Waals surface area contributed by atoms with E-state index in [1.54, 1.807) is 0 Å². The van der Waals surface area contributed by atoms with E-state index in [-0.39, 0.29) is 5.92 Å². The topological polar surface area (TPSA) is 44.3 Å². The molecule has 0 aromatic carbocycles. The lowest BCUT2D eigenvalue weighted by Gasteiger charge is -2.22. The van der Waals surface area contributed by atoms with Crippen LogP contribution in [0.1, 0.15) is 19.5 Å². The van der Waals surface area contributed by atoms with Gasteiger partial charge in [0.05, 0.1) is 17.7 Å². The zero-order valence-electron chi connectivity index (χ0n) is 11.2. The third kappa shape index (κ3) is 2.74. The second-order valence-electron chi connectivity index (χ2n) is 4.51. The van der Waals surface area contributed by atoms with Crippen molar-refractivity contribution in [3.63, 3.8) is 0 Å². The monoisotopic (exact) mass is 320 g/mol. The first-order valence-electron chi connectivity index (χ1n) is 6.37. The lowest BCUT2D eigenvalue weighted by molar-refractivity contribution is 0.679. The van der Waals surface area contributed by atoms with Crippen LogP contribution in [0.15, 0.2) is 24.4 Å². The van der Waals surface area contributed by atoms with E-state index in [9.17, 15) is 0 Å². The summed E-state index contributed by atoms with van der Waals surface area (Å²) in [7, 11) is 0. The van der Waals surface area contributed by atoms with E-state index >= 15 is 0 Å². The molecule has 0 radical (unpaired) electrons. The van der Waals surface area contributed by atoms with Crippen molar-refractivity contribution < 1.29 is 0 Å². The van der Waals surface area contributed by atoms with E-state index in [1.165, 1.54) is 0 Å². The molecule has 0 saturated carbocycles. The van der Waals surface area contributed by atoms with Crippen molar-refractivity contribution in [2.75, 3.05) is 18.0 Å². The normalized spacial score (nSPS) is 12.3. The molecule has 0 aliphatic heterocycles. The average molecular weight is 321 g/mol. The van der Waals surface area contributed by atoms with Crippen LogP contribution in [-0.4, -0.2) is 22.5 Å². The second-order valence-corrected chi connectivity index (χ2v) is 5.07. The van der Waals surface area contributed by atoms with Gasteiger partial charge in [0, 0.05) is 24.6 Å². The molecular weight excluding hydrogens is 304 g/mol. The van der Waals surface area contributed by atoms with E-state index < -0.39 is 0 Å². The average Bonchev–Trinajstić information content (AvgIpc) is 2.82. The number of hydrogen-bond donors (Lipinski definition) is 0. The number of halogens is 1. The zero-order chi connectivity index (χ0) is 13.8. The molecule has 0 bridgehead atoms. The van der Waals surface area contributed by atoms with E-state index in [2.05, 4.69) is 38.2 Å². The first-order chi connectivity index (χ1) is 9.21. The Morgan fingerprint density at radius 3 is 2.95 bits per heavy atom. The molecule has 0 aliphatic carbocycles. The number of anilines is 1. The highest BCUT2D eigenvalue weighted by Crippen LogP contribution is 2.24. The second kappa shape index (κ2) is 6.07. The van der Waals surface area contributed by atoms with Crippen LogP contribution >= 0.6 is 15.9 Å². The predicted octanol–water partition coefficient (Wildman–Crippen LogP) is 3.22. The molecule has 4 nitrogen and oxygen atoms in total. The zero-order valence-corrected chi connectivity index (χ0v) is 12.8. The summed E-state index contributed by atoms with van der Waals surface area (Å²) in [5, 5.41) is 9.72. The minimum Gasteiger partial charge on any atom is -0.354 e. The minimum atomic E-state index is -0.00654. The highest BCUT2D eigenvalue weighted by Gasteiger charge is 2.17. The Hall–Kier alpha value is -1.54. The number of alkyl halides is 1. The molecule has 0 N–H and O–H groups in total. The first kappa shape index (κ1) is 13.9. The van der Waals surface area contributed by atoms with Gasteiger partial charge in [0.2, 0.25) is 0 Å². The van der Waals surface area contributed by atoms with Crippen LogP contribution in [0.4, 0.5) is 5.82 Å². The summed E-state index contributed by atoms with van der Waals surface area (Å²) in [5.74, 6) is 0.959. The molecule has 0 spiro atoms. The van der Waals surface area contributed by atoms with E-state index in [0.717, 1.165) is 29.0 Å². The fraction of sp³-hybridized carbons (Fsp3) is 0.429. The molecule has 2 rings (SSSR count). The highest BCUT2D eigenvalue weighted by molar-refractivity contribution is 9.08. The van der Waals surface area contributed by atoms with E-state index in [4.69, 9.17) is 10.2 Å². The lowest BCUT2D eigenvalue weighted by atomic mass is 10.2. The number of fused-ring (bicyclic) bond motifs is 1. The van der Waals surface area contributed by atoms with Crippen molar-refractivity contribution >= 4 is 27.4 Å². The summed E-state index contributed by atoms with van der Waals surface area (Å²) >= 11 is 3.54. The van der Waals surface area contributed by atoms with Gasteiger partial charge < -0.3 is 9.30 Å². The van der Waals surface area contributed by atoms with Crippen LogP contribution in [0, 0.1) is 17.2 Å². The third-order valence-electron chi connectivity index (χ3n) is 3.13. The van der Waals surface area contributed by atoms with Gasteiger partial charge in [-0.2, -0.15) is 5.26 Å². The van der Waals surface area contributed by atoms with Crippen molar-refractivity contribution in [2.45, 2.75) is 19.2 Å². The molecule has 100 valence electrons. The van der Waals surface area contributed by atoms with Crippen LogP contribution in [0.2, 0.25) is 0 Å². The predicted molar refractivity (Wildman–Crippen MR) is 80.5 cm³/mol. The molecular formula is C14H17BrN4. The molecule has 2 heterocycles. The fourth-order valence-electron chi connectivity index (χ4n) is 2.15. The van der Waals surface area contributed by atoms with Gasteiger partial charge >= 0.3 is 0 Å². The van der Waals surface area contributed by atoms with Gasteiger partial charge in [-0.25, -0.2) is 4.98 Å². The first-order valence-corrected chi connectivity index (χ1v) is 7.49. The van der Waals surface area contributed by atoms with Crippen molar-refractivity contribution in [3.8, 4) is 6.07 Å². The Morgan fingerprint density at radius 1 is 1.53 bits per heavy atom. The maximum absolute atomic E-state index is 8.98. The molecule has 2 aromatic heterocycles. The Bertz CT molecular complexity index is 599. The maximum atomic E-state index is 8.98. The summed E-state index contributed by atoms with van der Waals surface area (Å²) in [4.78, 5) is 6.86. The molecule has 1 atom stereocenters. The van der Waals surface area contributed by atoms with E-state index in [1.807, 2.05) is 31.3 Å². The van der Waals surface area contributed by atoms with Gasteiger partial charge in [-0.3, -0.25) is 0 Å². The number of aromatic nitrogens is 2. The third-order valence-corrected chi connectivity index (χ3v) is 3.66. The van der Waals surface area contributed by atoms with Gasteiger partial charge in [0.15, 0.2) is 5.82 Å². The quantitative estimate of drug-likeness (QED) is 0.794. The van der Waals surface area contributed by atoms with Gasteiger partial charge in [-0.1, -0.05) is 22.0 Å². The Balaban J connectivity index is 2.45. The number of rotatable bonds is 5. The summed E-state index contributed by atoms with van der Waals surface area (Å²) in [6.07, 6.45) is 2.02. The molecule has 0 fully saturated rings. The van der Waals surface area contributed by atoms with Crippen LogP contribution in [0.3, 0.4) is 0 Å². The number of hydrogen-bond acceptors (Lipinski definition) is 3. The van der Waals surface area contributed by atoms with Crippen molar-refractivity contribution in [3.05, 3.63) is 30.1 Å². The highest BCUT2D eigenvalue weighted by atomic mass is 79.9. The number of pyridine rings is 1. The van der Waals surface area contributed by atoms with Crippen LogP contribution in [0.5, 0.6) is 0 Å². The van der Waals surface area contributed by atoms with Crippen molar-refractivity contribution in [2.24, 2.45) is 5.92 Å².